The quantitative estimate of drug-likeness (QED) is 0.891. The monoisotopic (exact) mass is 280 g/mol. The van der Waals surface area contributed by atoms with Crippen LogP contribution in [0.25, 0.3) is 0 Å². The van der Waals surface area contributed by atoms with Crippen LogP contribution in [-0.2, 0) is 0 Å². The maximum absolute atomic E-state index is 6.20. The zero-order valence-corrected chi connectivity index (χ0v) is 12.3. The Morgan fingerprint density at radius 2 is 1.94 bits per heavy atom. The van der Waals surface area contributed by atoms with Crippen molar-refractivity contribution in [2.45, 2.75) is 32.9 Å². The molecule has 1 aromatic heterocycles. The van der Waals surface area contributed by atoms with Crippen LogP contribution in [0, 0.1) is 6.92 Å². The van der Waals surface area contributed by atoms with Crippen molar-refractivity contribution >= 4 is 22.9 Å². The van der Waals surface area contributed by atoms with Crippen LogP contribution in [0.3, 0.4) is 0 Å². The Bertz CT molecular complexity index is 524. The van der Waals surface area contributed by atoms with Crippen molar-refractivity contribution in [2.24, 2.45) is 0 Å². The van der Waals surface area contributed by atoms with Gasteiger partial charge in [0.2, 0.25) is 0 Å². The molecule has 96 valence electrons. The van der Waals surface area contributed by atoms with Gasteiger partial charge in [0.25, 0.3) is 0 Å². The van der Waals surface area contributed by atoms with Gasteiger partial charge in [-0.05, 0) is 32.4 Å². The highest BCUT2D eigenvalue weighted by Gasteiger charge is 2.15. The average molecular weight is 281 g/mol. The molecule has 0 aliphatic rings. The van der Waals surface area contributed by atoms with Gasteiger partial charge in [0.1, 0.15) is 5.01 Å². The van der Waals surface area contributed by atoms with Crippen LogP contribution in [0.1, 0.15) is 41.4 Å². The molecule has 2 rings (SSSR count). The summed E-state index contributed by atoms with van der Waals surface area (Å²) in [6.07, 6.45) is 1.92. The van der Waals surface area contributed by atoms with Gasteiger partial charge in [-0.3, -0.25) is 0 Å². The Balaban J connectivity index is 2.08. The van der Waals surface area contributed by atoms with Gasteiger partial charge in [0.15, 0.2) is 0 Å². The first-order valence-electron chi connectivity index (χ1n) is 6.00. The molecule has 1 heterocycles. The van der Waals surface area contributed by atoms with Gasteiger partial charge < -0.3 is 5.32 Å². The highest BCUT2D eigenvalue weighted by Crippen LogP contribution is 2.26. The highest BCUT2D eigenvalue weighted by atomic mass is 35.5. The van der Waals surface area contributed by atoms with E-state index in [1.165, 1.54) is 4.88 Å². The molecular weight excluding hydrogens is 264 g/mol. The van der Waals surface area contributed by atoms with E-state index >= 15 is 0 Å². The lowest BCUT2D eigenvalue weighted by Crippen LogP contribution is -2.22. The molecule has 0 saturated heterocycles. The Kier molecular flexibility index (Phi) is 4.38. The first kappa shape index (κ1) is 13.5. The minimum absolute atomic E-state index is 0.206. The Morgan fingerprint density at radius 3 is 2.56 bits per heavy atom. The van der Waals surface area contributed by atoms with Crippen molar-refractivity contribution < 1.29 is 0 Å². The number of nitrogens with one attached hydrogen (secondary N) is 1. The largest absolute Gasteiger partial charge is 0.301 e. The molecule has 0 saturated carbocycles. The maximum atomic E-state index is 6.20. The molecule has 0 amide bonds. The fraction of sp³-hybridized carbons (Fsp3) is 0.357. The van der Waals surface area contributed by atoms with Crippen molar-refractivity contribution in [2.75, 3.05) is 0 Å². The van der Waals surface area contributed by atoms with E-state index in [1.54, 1.807) is 11.3 Å². The van der Waals surface area contributed by atoms with Crippen LogP contribution in [0.2, 0.25) is 5.02 Å². The van der Waals surface area contributed by atoms with E-state index in [1.807, 2.05) is 24.4 Å². The smallest absolute Gasteiger partial charge is 0.109 e. The van der Waals surface area contributed by atoms with E-state index in [4.69, 9.17) is 11.6 Å². The van der Waals surface area contributed by atoms with E-state index in [0.717, 1.165) is 15.6 Å². The maximum Gasteiger partial charge on any atom is 0.109 e. The van der Waals surface area contributed by atoms with Gasteiger partial charge in [0.05, 0.1) is 6.04 Å². The molecule has 0 bridgehead atoms. The number of nitrogens with zero attached hydrogens (tertiary/aromatic N) is 1. The zero-order chi connectivity index (χ0) is 13.1. The van der Waals surface area contributed by atoms with Crippen LogP contribution < -0.4 is 5.32 Å². The minimum Gasteiger partial charge on any atom is -0.301 e. The van der Waals surface area contributed by atoms with Crippen molar-refractivity contribution in [3.63, 3.8) is 0 Å². The molecule has 4 heteroatoms. The van der Waals surface area contributed by atoms with E-state index in [-0.39, 0.29) is 12.1 Å². The van der Waals surface area contributed by atoms with Gasteiger partial charge in [-0.15, -0.1) is 11.3 Å². The molecule has 0 radical (unpaired) electrons. The Morgan fingerprint density at radius 1 is 1.22 bits per heavy atom. The lowest BCUT2D eigenvalue weighted by Gasteiger charge is -2.19. The number of thiazole rings is 1. The van der Waals surface area contributed by atoms with Crippen LogP contribution >= 0.6 is 22.9 Å². The number of rotatable bonds is 4. The fourth-order valence-corrected chi connectivity index (χ4v) is 3.02. The van der Waals surface area contributed by atoms with E-state index < -0.39 is 0 Å². The van der Waals surface area contributed by atoms with Crippen molar-refractivity contribution in [3.8, 4) is 0 Å². The first-order chi connectivity index (χ1) is 8.58. The summed E-state index contributed by atoms with van der Waals surface area (Å²) in [5.41, 5.74) is 1.12. The fourth-order valence-electron chi connectivity index (χ4n) is 1.93. The van der Waals surface area contributed by atoms with Gasteiger partial charge in [-0.2, -0.15) is 0 Å². The number of halogens is 1. The molecule has 2 unspecified atom stereocenters. The van der Waals surface area contributed by atoms with Gasteiger partial charge >= 0.3 is 0 Å². The molecule has 2 nitrogen and oxygen atoms in total. The van der Waals surface area contributed by atoms with Crippen molar-refractivity contribution in [3.05, 3.63) is 50.9 Å². The summed E-state index contributed by atoms with van der Waals surface area (Å²) in [4.78, 5) is 5.65. The lowest BCUT2D eigenvalue weighted by molar-refractivity contribution is 0.493. The van der Waals surface area contributed by atoms with E-state index in [2.05, 4.69) is 37.1 Å². The summed E-state index contributed by atoms with van der Waals surface area (Å²) in [5, 5.41) is 5.45. The van der Waals surface area contributed by atoms with E-state index in [0.29, 0.717) is 0 Å². The number of aryl methyl sites for hydroxylation is 1. The summed E-state index contributed by atoms with van der Waals surface area (Å²) in [6, 6.07) is 8.38. The molecule has 2 atom stereocenters. The molecule has 0 spiro atoms. The second-order valence-corrected chi connectivity index (χ2v) is 6.11. The Hall–Kier alpha value is -0.900. The predicted octanol–water partition coefficient (Wildman–Crippen LogP) is 4.52. The SMILES string of the molecule is Cc1cnc(C(C)NC(C)c2ccccc2Cl)s1. The lowest BCUT2D eigenvalue weighted by atomic mass is 10.1. The summed E-state index contributed by atoms with van der Waals surface area (Å²) in [6.45, 7) is 6.33. The summed E-state index contributed by atoms with van der Waals surface area (Å²) in [5.74, 6) is 0. The van der Waals surface area contributed by atoms with E-state index in [9.17, 15) is 0 Å². The van der Waals surface area contributed by atoms with Crippen LogP contribution in [0.15, 0.2) is 30.5 Å². The average Bonchev–Trinajstić information content (AvgIpc) is 2.76. The number of hydrogen-bond acceptors (Lipinski definition) is 3. The number of benzene rings is 1. The molecule has 0 aliphatic carbocycles. The molecule has 0 aliphatic heterocycles. The summed E-state index contributed by atoms with van der Waals surface area (Å²) in [7, 11) is 0. The van der Waals surface area contributed by atoms with Gasteiger partial charge in [-0.1, -0.05) is 29.8 Å². The first-order valence-corrected chi connectivity index (χ1v) is 7.20. The standard InChI is InChI=1S/C14H17ClN2S/c1-9-8-16-14(18-9)11(3)17-10(2)12-6-4-5-7-13(12)15/h4-8,10-11,17H,1-3H3. The molecule has 0 fully saturated rings. The molecular formula is C14H17ClN2S. The topological polar surface area (TPSA) is 24.9 Å². The molecule has 1 N–H and O–H groups in total. The molecule has 18 heavy (non-hydrogen) atoms. The zero-order valence-electron chi connectivity index (χ0n) is 10.8. The van der Waals surface area contributed by atoms with Crippen LogP contribution in [-0.4, -0.2) is 4.98 Å². The Labute approximate surface area is 117 Å². The second-order valence-electron chi connectivity index (χ2n) is 4.44. The van der Waals surface area contributed by atoms with Gasteiger partial charge in [-0.25, -0.2) is 4.98 Å². The highest BCUT2D eigenvalue weighted by molar-refractivity contribution is 7.11. The number of hydrogen-bond donors (Lipinski definition) is 1. The van der Waals surface area contributed by atoms with Crippen molar-refractivity contribution in [1.29, 1.82) is 0 Å². The van der Waals surface area contributed by atoms with Gasteiger partial charge in [0, 0.05) is 22.1 Å². The molecule has 1 aromatic carbocycles. The third kappa shape index (κ3) is 3.10. The minimum atomic E-state index is 0.206. The second kappa shape index (κ2) is 5.83. The number of aromatic nitrogens is 1. The van der Waals surface area contributed by atoms with Crippen LogP contribution in [0.5, 0.6) is 0 Å². The third-order valence-electron chi connectivity index (χ3n) is 2.88. The summed E-state index contributed by atoms with van der Waals surface area (Å²) >= 11 is 7.93. The summed E-state index contributed by atoms with van der Waals surface area (Å²) < 4.78 is 0. The van der Waals surface area contributed by atoms with Crippen LogP contribution in [0.4, 0.5) is 0 Å². The molecule has 2 aromatic rings. The normalized spacial score (nSPS) is 14.4. The third-order valence-corrected chi connectivity index (χ3v) is 4.32. The predicted molar refractivity (Wildman–Crippen MR) is 78.3 cm³/mol. The van der Waals surface area contributed by atoms with Crippen molar-refractivity contribution in [1.82, 2.24) is 10.3 Å².